The SMILES string of the molecule is CC1c2ncc(CN3CCN(C)CC3)n2CCN1Cc1cccs1.O=C(O)C(F)(F)F.O=C(O)C(F)(F)F. The van der Waals surface area contributed by atoms with Crippen molar-refractivity contribution in [1.82, 2.24) is 24.3 Å². The van der Waals surface area contributed by atoms with E-state index in [1.54, 1.807) is 0 Å². The fourth-order valence-electron chi connectivity index (χ4n) is 3.78. The molecule has 0 bridgehead atoms. The van der Waals surface area contributed by atoms with Crippen molar-refractivity contribution < 1.29 is 46.1 Å². The molecule has 1 unspecified atom stereocenters. The van der Waals surface area contributed by atoms with Crippen LogP contribution in [0.2, 0.25) is 0 Å². The Labute approximate surface area is 218 Å². The lowest BCUT2D eigenvalue weighted by atomic mass is 10.2. The molecule has 1 fully saturated rings. The molecule has 16 heteroatoms. The van der Waals surface area contributed by atoms with Gasteiger partial charge in [0.25, 0.3) is 0 Å². The summed E-state index contributed by atoms with van der Waals surface area (Å²) >= 11 is 1.85. The number of alkyl halides is 6. The summed E-state index contributed by atoms with van der Waals surface area (Å²) in [5, 5.41) is 16.4. The van der Waals surface area contributed by atoms with Gasteiger partial charge in [-0.25, -0.2) is 14.6 Å². The number of carboxylic acid groups (broad SMARTS) is 2. The minimum Gasteiger partial charge on any atom is -0.475 e. The monoisotopic (exact) mass is 573 g/mol. The predicted molar refractivity (Wildman–Crippen MR) is 126 cm³/mol. The van der Waals surface area contributed by atoms with Crippen LogP contribution in [-0.2, 0) is 29.2 Å². The van der Waals surface area contributed by atoms with E-state index in [4.69, 9.17) is 24.8 Å². The van der Waals surface area contributed by atoms with E-state index in [0.29, 0.717) is 6.04 Å². The number of rotatable bonds is 4. The van der Waals surface area contributed by atoms with Gasteiger partial charge in [-0.05, 0) is 25.4 Å². The van der Waals surface area contributed by atoms with Crippen LogP contribution in [0.25, 0.3) is 0 Å². The zero-order valence-electron chi connectivity index (χ0n) is 20.7. The lowest BCUT2D eigenvalue weighted by Crippen LogP contribution is -2.44. The number of piperazine rings is 1. The summed E-state index contributed by atoms with van der Waals surface area (Å²) in [4.78, 5) is 31.5. The molecule has 2 N–H and O–H groups in total. The number of nitrogens with zero attached hydrogens (tertiary/aromatic N) is 5. The Hall–Kier alpha value is -2.69. The number of likely N-dealkylation sites (N-methyl/N-ethyl adjacent to an activating group) is 1. The number of halogens is 6. The number of carboxylic acids is 2. The number of thiophene rings is 1. The standard InChI is InChI=1S/C18H27N5S.2C2HF3O2/c1-15-18-19-12-16(13-21-7-5-20(2)6-8-21)23(18)10-9-22(15)14-17-4-3-11-24-17;2*3-2(4,5)1(6)7/h3-4,11-12,15H,5-10,13-14H2,1-2H3;2*(H,6,7). The van der Waals surface area contributed by atoms with Gasteiger partial charge in [0.15, 0.2) is 0 Å². The second kappa shape index (κ2) is 13.4. The van der Waals surface area contributed by atoms with Crippen LogP contribution in [0.1, 0.15) is 29.4 Å². The van der Waals surface area contributed by atoms with Gasteiger partial charge in [0.1, 0.15) is 5.82 Å². The number of fused-ring (bicyclic) bond motifs is 1. The lowest BCUT2D eigenvalue weighted by Gasteiger charge is -2.35. The quantitative estimate of drug-likeness (QED) is 0.536. The molecule has 2 aromatic rings. The van der Waals surface area contributed by atoms with Crippen molar-refractivity contribution in [2.75, 3.05) is 39.8 Å². The highest BCUT2D eigenvalue weighted by atomic mass is 32.1. The van der Waals surface area contributed by atoms with Crippen LogP contribution < -0.4 is 0 Å². The maximum absolute atomic E-state index is 10.6. The molecule has 1 atom stereocenters. The largest absolute Gasteiger partial charge is 0.490 e. The molecular weight excluding hydrogens is 544 g/mol. The topological polar surface area (TPSA) is 102 Å². The number of carbonyl (C=O) groups is 2. The summed E-state index contributed by atoms with van der Waals surface area (Å²) in [6.45, 7) is 11.2. The summed E-state index contributed by atoms with van der Waals surface area (Å²) in [6, 6.07) is 4.77. The zero-order chi connectivity index (χ0) is 28.7. The van der Waals surface area contributed by atoms with Crippen molar-refractivity contribution in [3.63, 3.8) is 0 Å². The highest BCUT2D eigenvalue weighted by Crippen LogP contribution is 2.28. The third-order valence-electron chi connectivity index (χ3n) is 5.91. The molecule has 1 saturated heterocycles. The van der Waals surface area contributed by atoms with Crippen molar-refractivity contribution >= 4 is 23.3 Å². The first-order valence-electron chi connectivity index (χ1n) is 11.4. The average Bonchev–Trinajstić information content (AvgIpc) is 3.47. The number of aliphatic carboxylic acids is 2. The molecule has 9 nitrogen and oxygen atoms in total. The molecule has 0 radical (unpaired) electrons. The van der Waals surface area contributed by atoms with E-state index in [2.05, 4.69) is 56.9 Å². The van der Waals surface area contributed by atoms with Crippen molar-refractivity contribution in [2.24, 2.45) is 0 Å². The van der Waals surface area contributed by atoms with Crippen molar-refractivity contribution in [3.8, 4) is 0 Å². The van der Waals surface area contributed by atoms with Gasteiger partial charge in [0.05, 0.1) is 11.7 Å². The first-order chi connectivity index (χ1) is 17.6. The van der Waals surface area contributed by atoms with Gasteiger partial charge in [0.2, 0.25) is 0 Å². The Kier molecular flexibility index (Phi) is 11.1. The zero-order valence-corrected chi connectivity index (χ0v) is 21.5. The molecule has 2 aliphatic heterocycles. The van der Waals surface area contributed by atoms with E-state index in [1.165, 1.54) is 29.5 Å². The van der Waals surface area contributed by atoms with Gasteiger partial charge in [0, 0.05) is 63.4 Å². The predicted octanol–water partition coefficient (Wildman–Crippen LogP) is 3.54. The summed E-state index contributed by atoms with van der Waals surface area (Å²) < 4.78 is 65.9. The van der Waals surface area contributed by atoms with E-state index in [0.717, 1.165) is 39.3 Å². The second-order valence-electron chi connectivity index (χ2n) is 8.67. The van der Waals surface area contributed by atoms with E-state index < -0.39 is 24.3 Å². The Bertz CT molecular complexity index is 1010. The highest BCUT2D eigenvalue weighted by molar-refractivity contribution is 7.09. The molecule has 0 amide bonds. The second-order valence-corrected chi connectivity index (χ2v) is 9.70. The lowest BCUT2D eigenvalue weighted by molar-refractivity contribution is -0.193. The molecule has 214 valence electrons. The molecule has 38 heavy (non-hydrogen) atoms. The normalized spacial score (nSPS) is 19.0. The molecule has 0 saturated carbocycles. The van der Waals surface area contributed by atoms with Crippen molar-refractivity contribution in [2.45, 2.75) is 45.0 Å². The Morgan fingerprint density at radius 2 is 1.53 bits per heavy atom. The molecule has 0 spiro atoms. The van der Waals surface area contributed by atoms with Gasteiger partial charge < -0.3 is 19.7 Å². The van der Waals surface area contributed by atoms with Gasteiger partial charge in [-0.15, -0.1) is 11.3 Å². The number of hydrogen-bond donors (Lipinski definition) is 2. The fraction of sp³-hybridized carbons (Fsp3) is 0.591. The van der Waals surface area contributed by atoms with Crippen LogP contribution in [0, 0.1) is 0 Å². The third-order valence-corrected chi connectivity index (χ3v) is 6.77. The summed E-state index contributed by atoms with van der Waals surface area (Å²) in [5.74, 6) is -4.28. The molecule has 2 aliphatic rings. The van der Waals surface area contributed by atoms with Crippen molar-refractivity contribution in [1.29, 1.82) is 0 Å². The molecule has 0 aliphatic carbocycles. The minimum atomic E-state index is -5.08. The Balaban J connectivity index is 0.000000301. The maximum Gasteiger partial charge on any atom is 0.490 e. The summed E-state index contributed by atoms with van der Waals surface area (Å²) in [7, 11) is 2.21. The summed E-state index contributed by atoms with van der Waals surface area (Å²) in [5.41, 5.74) is 1.39. The van der Waals surface area contributed by atoms with E-state index >= 15 is 0 Å². The van der Waals surface area contributed by atoms with Gasteiger partial charge in [-0.1, -0.05) is 6.07 Å². The van der Waals surface area contributed by atoms with Crippen LogP contribution in [-0.4, -0.2) is 98.5 Å². The summed E-state index contributed by atoms with van der Waals surface area (Å²) in [6.07, 6.45) is -8.06. The van der Waals surface area contributed by atoms with Crippen LogP contribution in [0.3, 0.4) is 0 Å². The van der Waals surface area contributed by atoms with Crippen molar-refractivity contribution in [3.05, 3.63) is 40.1 Å². The third kappa shape index (κ3) is 9.56. The van der Waals surface area contributed by atoms with Crippen LogP contribution in [0.5, 0.6) is 0 Å². The highest BCUT2D eigenvalue weighted by Gasteiger charge is 2.39. The fourth-order valence-corrected chi connectivity index (χ4v) is 4.51. The van der Waals surface area contributed by atoms with E-state index in [9.17, 15) is 26.3 Å². The van der Waals surface area contributed by atoms with Gasteiger partial charge in [-0.3, -0.25) is 9.80 Å². The molecule has 4 rings (SSSR count). The van der Waals surface area contributed by atoms with Crippen LogP contribution >= 0.6 is 11.3 Å². The van der Waals surface area contributed by atoms with E-state index in [-0.39, 0.29) is 0 Å². The van der Waals surface area contributed by atoms with Crippen LogP contribution in [0.15, 0.2) is 23.7 Å². The van der Waals surface area contributed by atoms with Gasteiger partial charge in [-0.2, -0.15) is 26.3 Å². The molecule has 0 aromatic carbocycles. The van der Waals surface area contributed by atoms with E-state index in [1.807, 2.05) is 11.3 Å². The van der Waals surface area contributed by atoms with Crippen LogP contribution in [0.4, 0.5) is 26.3 Å². The Morgan fingerprint density at radius 1 is 0.974 bits per heavy atom. The Morgan fingerprint density at radius 3 is 2.00 bits per heavy atom. The molecule has 4 heterocycles. The first kappa shape index (κ1) is 31.5. The average molecular weight is 574 g/mol. The number of hydrogen-bond acceptors (Lipinski definition) is 7. The number of imidazole rings is 1. The molecular formula is C22H29F6N5O4S. The molecule has 2 aromatic heterocycles. The van der Waals surface area contributed by atoms with Gasteiger partial charge >= 0.3 is 24.3 Å². The number of aromatic nitrogens is 2. The first-order valence-corrected chi connectivity index (χ1v) is 12.3. The minimum absolute atomic E-state index is 0.391. The smallest absolute Gasteiger partial charge is 0.475 e. The maximum atomic E-state index is 10.6.